The minimum absolute atomic E-state index is 0.0102. The first-order chi connectivity index (χ1) is 14.3. The molecular formula is C22H31N3O3S2. The van der Waals surface area contributed by atoms with E-state index in [1.807, 2.05) is 26.2 Å². The van der Waals surface area contributed by atoms with Gasteiger partial charge in [0.1, 0.15) is 0 Å². The fraction of sp³-hybridized carbons (Fsp3) is 0.545. The van der Waals surface area contributed by atoms with Gasteiger partial charge >= 0.3 is 0 Å². The zero-order valence-corrected chi connectivity index (χ0v) is 19.6. The number of rotatable bonds is 8. The minimum Gasteiger partial charge on any atom is -0.352 e. The van der Waals surface area contributed by atoms with Crippen molar-refractivity contribution in [2.45, 2.75) is 70.2 Å². The molecule has 1 saturated heterocycles. The maximum absolute atomic E-state index is 13.1. The first-order valence-electron chi connectivity index (χ1n) is 10.6. The van der Waals surface area contributed by atoms with Crippen LogP contribution in [0.3, 0.4) is 0 Å². The third kappa shape index (κ3) is 5.47. The molecule has 0 spiro atoms. The van der Waals surface area contributed by atoms with Crippen LogP contribution in [0.5, 0.6) is 0 Å². The topological polar surface area (TPSA) is 79.4 Å². The summed E-state index contributed by atoms with van der Waals surface area (Å²) in [6.07, 6.45) is 5.52. The van der Waals surface area contributed by atoms with Gasteiger partial charge in [0.25, 0.3) is 5.91 Å². The number of hydrogen-bond donors (Lipinski definition) is 1. The van der Waals surface area contributed by atoms with E-state index in [1.54, 1.807) is 27.8 Å². The Kier molecular flexibility index (Phi) is 7.65. The van der Waals surface area contributed by atoms with Gasteiger partial charge in [-0.05, 0) is 70.6 Å². The maximum Gasteiger partial charge on any atom is 0.251 e. The molecule has 30 heavy (non-hydrogen) atoms. The molecule has 164 valence electrons. The van der Waals surface area contributed by atoms with Gasteiger partial charge in [-0.1, -0.05) is 12.5 Å². The molecule has 1 unspecified atom stereocenters. The number of piperidine rings is 1. The molecule has 1 amide bonds. The summed E-state index contributed by atoms with van der Waals surface area (Å²) in [4.78, 5) is 17.3. The molecule has 3 rings (SSSR count). The fourth-order valence-electron chi connectivity index (χ4n) is 3.79. The van der Waals surface area contributed by atoms with Crippen LogP contribution in [0.2, 0.25) is 0 Å². The van der Waals surface area contributed by atoms with Crippen molar-refractivity contribution in [3.05, 3.63) is 45.4 Å². The highest BCUT2D eigenvalue weighted by Gasteiger charge is 2.31. The van der Waals surface area contributed by atoms with Crippen LogP contribution in [0.15, 0.2) is 28.5 Å². The molecule has 1 aliphatic rings. The number of aryl methyl sites for hydroxylation is 3. The third-order valence-corrected chi connectivity index (χ3v) is 8.61. The molecule has 1 fully saturated rings. The summed E-state index contributed by atoms with van der Waals surface area (Å²) in [6, 6.07) is 4.85. The lowest BCUT2D eigenvalue weighted by molar-refractivity contribution is 0.0952. The maximum atomic E-state index is 13.1. The quantitative estimate of drug-likeness (QED) is 0.616. The van der Waals surface area contributed by atoms with Crippen molar-refractivity contribution in [1.29, 1.82) is 0 Å². The smallest absolute Gasteiger partial charge is 0.251 e. The number of sulfonamides is 1. The summed E-state index contributed by atoms with van der Waals surface area (Å²) in [5, 5.41) is 6.11. The van der Waals surface area contributed by atoms with Crippen LogP contribution in [0.25, 0.3) is 0 Å². The molecule has 6 nitrogen and oxygen atoms in total. The van der Waals surface area contributed by atoms with E-state index in [4.69, 9.17) is 0 Å². The molecular weight excluding hydrogens is 418 g/mol. The molecule has 1 aromatic heterocycles. The normalized spacial score (nSPS) is 17.8. The molecule has 1 aromatic carbocycles. The van der Waals surface area contributed by atoms with Crippen LogP contribution in [0.1, 0.15) is 65.7 Å². The first-order valence-corrected chi connectivity index (χ1v) is 12.9. The van der Waals surface area contributed by atoms with Crippen molar-refractivity contribution in [1.82, 2.24) is 14.6 Å². The van der Waals surface area contributed by atoms with Crippen molar-refractivity contribution in [2.24, 2.45) is 0 Å². The molecule has 1 atom stereocenters. The highest BCUT2D eigenvalue weighted by molar-refractivity contribution is 7.89. The summed E-state index contributed by atoms with van der Waals surface area (Å²) < 4.78 is 27.8. The van der Waals surface area contributed by atoms with Crippen molar-refractivity contribution in [3.8, 4) is 0 Å². The van der Waals surface area contributed by atoms with E-state index in [0.717, 1.165) is 54.8 Å². The van der Waals surface area contributed by atoms with Gasteiger partial charge in [-0.3, -0.25) is 4.79 Å². The Bertz CT molecular complexity index is 985. The summed E-state index contributed by atoms with van der Waals surface area (Å²) in [7, 11) is -3.59. The van der Waals surface area contributed by atoms with E-state index < -0.39 is 10.0 Å². The molecule has 0 saturated carbocycles. The monoisotopic (exact) mass is 449 g/mol. The van der Waals surface area contributed by atoms with Crippen molar-refractivity contribution in [2.75, 3.05) is 13.1 Å². The number of carbonyl (C=O) groups excluding carboxylic acids is 1. The fourth-order valence-corrected chi connectivity index (χ4v) is 6.33. The summed E-state index contributed by atoms with van der Waals surface area (Å²) in [5.74, 6) is -0.221. The number of nitrogens with one attached hydrogen (secondary N) is 1. The molecule has 1 N–H and O–H groups in total. The van der Waals surface area contributed by atoms with E-state index in [2.05, 4.69) is 10.3 Å². The lowest BCUT2D eigenvalue weighted by Crippen LogP contribution is -2.42. The summed E-state index contributed by atoms with van der Waals surface area (Å²) in [6.45, 7) is 6.87. The molecule has 2 aromatic rings. The van der Waals surface area contributed by atoms with Gasteiger partial charge < -0.3 is 5.32 Å². The molecule has 0 aliphatic carbocycles. The predicted octanol–water partition coefficient (Wildman–Crippen LogP) is 4.08. The first kappa shape index (κ1) is 22.9. The van der Waals surface area contributed by atoms with Gasteiger partial charge in [-0.2, -0.15) is 4.31 Å². The Balaban J connectivity index is 1.60. The number of hydrogen-bond acceptors (Lipinski definition) is 5. The Morgan fingerprint density at radius 3 is 2.77 bits per heavy atom. The van der Waals surface area contributed by atoms with E-state index in [1.165, 1.54) is 6.07 Å². The van der Waals surface area contributed by atoms with Crippen molar-refractivity contribution in [3.63, 3.8) is 0 Å². The average molecular weight is 450 g/mol. The van der Waals surface area contributed by atoms with Crippen molar-refractivity contribution >= 4 is 27.3 Å². The van der Waals surface area contributed by atoms with Crippen LogP contribution in [0, 0.1) is 13.8 Å². The SMILES string of the molecule is Cc1csc(CCCCNC(=O)c2cc(S(=O)(=O)N3CCCCC3C)ccc2C)n1. The second-order valence-corrected chi connectivity index (χ2v) is 10.9. The number of benzene rings is 1. The molecule has 2 heterocycles. The number of amides is 1. The second kappa shape index (κ2) is 10.0. The second-order valence-electron chi connectivity index (χ2n) is 8.03. The van der Waals surface area contributed by atoms with Gasteiger partial charge in [-0.25, -0.2) is 13.4 Å². The number of unbranched alkanes of at least 4 members (excludes halogenated alkanes) is 1. The molecule has 1 aliphatic heterocycles. The predicted molar refractivity (Wildman–Crippen MR) is 121 cm³/mol. The summed E-state index contributed by atoms with van der Waals surface area (Å²) >= 11 is 1.67. The van der Waals surface area contributed by atoms with Gasteiger partial charge in [0, 0.05) is 35.8 Å². The Morgan fingerprint density at radius 1 is 1.27 bits per heavy atom. The van der Waals surface area contributed by atoms with Gasteiger partial charge in [0.2, 0.25) is 10.0 Å². The molecule has 0 radical (unpaired) electrons. The average Bonchev–Trinajstić information content (AvgIpc) is 3.13. The van der Waals surface area contributed by atoms with Crippen molar-refractivity contribution < 1.29 is 13.2 Å². The van der Waals surface area contributed by atoms with Crippen LogP contribution < -0.4 is 5.32 Å². The van der Waals surface area contributed by atoms with E-state index >= 15 is 0 Å². The largest absolute Gasteiger partial charge is 0.352 e. The zero-order valence-electron chi connectivity index (χ0n) is 18.0. The number of thiazole rings is 1. The standard InChI is InChI=1S/C22H31N3O3S2/c1-16-10-11-19(30(27,28)25-13-7-5-8-18(25)3)14-20(16)22(26)23-12-6-4-9-21-24-17(2)15-29-21/h10-11,14-15,18H,4-9,12-13H2,1-3H3,(H,23,26). The van der Waals surface area contributed by atoms with Crippen LogP contribution in [-0.4, -0.2) is 42.7 Å². The van der Waals surface area contributed by atoms with Gasteiger partial charge in [0.05, 0.1) is 9.90 Å². The lowest BCUT2D eigenvalue weighted by Gasteiger charge is -2.32. The Hall–Kier alpha value is -1.77. The highest BCUT2D eigenvalue weighted by atomic mass is 32.2. The van der Waals surface area contributed by atoms with Crippen LogP contribution in [-0.2, 0) is 16.4 Å². The number of carbonyl (C=O) groups is 1. The van der Waals surface area contributed by atoms with Crippen LogP contribution in [0.4, 0.5) is 0 Å². The number of nitrogens with zero attached hydrogens (tertiary/aromatic N) is 2. The lowest BCUT2D eigenvalue weighted by atomic mass is 10.1. The van der Waals surface area contributed by atoms with Gasteiger partial charge in [-0.15, -0.1) is 11.3 Å². The Morgan fingerprint density at radius 2 is 2.07 bits per heavy atom. The number of aromatic nitrogens is 1. The van der Waals surface area contributed by atoms with E-state index in [0.29, 0.717) is 18.7 Å². The van der Waals surface area contributed by atoms with E-state index in [-0.39, 0.29) is 16.8 Å². The minimum atomic E-state index is -3.59. The molecule has 0 bridgehead atoms. The van der Waals surface area contributed by atoms with E-state index in [9.17, 15) is 13.2 Å². The van der Waals surface area contributed by atoms with Crippen LogP contribution >= 0.6 is 11.3 Å². The third-order valence-electron chi connectivity index (χ3n) is 5.57. The van der Waals surface area contributed by atoms with Gasteiger partial charge in [0.15, 0.2) is 0 Å². The Labute approximate surface area is 183 Å². The highest BCUT2D eigenvalue weighted by Crippen LogP contribution is 2.26. The summed E-state index contributed by atoms with van der Waals surface area (Å²) in [5.41, 5.74) is 2.25. The zero-order chi connectivity index (χ0) is 21.7. The molecule has 8 heteroatoms.